The molecule has 0 radical (unpaired) electrons. The van der Waals surface area contributed by atoms with Crippen molar-refractivity contribution in [1.82, 2.24) is 20.5 Å². The molecule has 1 spiro atoms. The Kier molecular flexibility index (Phi) is 4.64. The van der Waals surface area contributed by atoms with Gasteiger partial charge in [-0.1, -0.05) is 19.3 Å². The Morgan fingerprint density at radius 3 is 2.74 bits per heavy atom. The lowest BCUT2D eigenvalue weighted by Gasteiger charge is -2.38. The van der Waals surface area contributed by atoms with Crippen LogP contribution in [-0.2, 0) is 16.0 Å². The molecule has 3 aliphatic rings. The van der Waals surface area contributed by atoms with Crippen LogP contribution in [0.4, 0.5) is 0 Å². The first-order chi connectivity index (χ1) is 11.4. The molecule has 0 amide bonds. The maximum Gasteiger partial charge on any atom is 0.154 e. The minimum Gasteiger partial charge on any atom is -0.381 e. The zero-order chi connectivity index (χ0) is 15.5. The van der Waals surface area contributed by atoms with Crippen molar-refractivity contribution < 1.29 is 9.47 Å². The Balaban J connectivity index is 1.34. The first-order valence-corrected chi connectivity index (χ1v) is 9.22. The van der Waals surface area contributed by atoms with Crippen molar-refractivity contribution in [1.29, 1.82) is 0 Å². The summed E-state index contributed by atoms with van der Waals surface area (Å²) in [7, 11) is 0. The lowest BCUT2D eigenvalue weighted by atomic mass is 9.79. The topological polar surface area (TPSA) is 72.1 Å². The van der Waals surface area contributed by atoms with Gasteiger partial charge in [0.25, 0.3) is 0 Å². The minimum atomic E-state index is 0.0851. The molecule has 0 aromatic carbocycles. The maximum atomic E-state index is 6.16. The lowest BCUT2D eigenvalue weighted by molar-refractivity contribution is -0.0390. The van der Waals surface area contributed by atoms with Crippen molar-refractivity contribution >= 4 is 0 Å². The summed E-state index contributed by atoms with van der Waals surface area (Å²) < 4.78 is 11.6. The second kappa shape index (κ2) is 6.87. The summed E-state index contributed by atoms with van der Waals surface area (Å²) in [5, 5.41) is 11.2. The third-order valence-electron chi connectivity index (χ3n) is 5.78. The van der Waals surface area contributed by atoms with Crippen LogP contribution in [0.25, 0.3) is 0 Å². The molecule has 1 saturated carbocycles. The molecular weight excluding hydrogens is 292 g/mol. The van der Waals surface area contributed by atoms with Crippen LogP contribution < -0.4 is 5.32 Å². The van der Waals surface area contributed by atoms with E-state index in [4.69, 9.17) is 14.5 Å². The van der Waals surface area contributed by atoms with E-state index in [1.165, 1.54) is 32.1 Å². The Morgan fingerprint density at radius 2 is 1.91 bits per heavy atom. The van der Waals surface area contributed by atoms with Gasteiger partial charge in [-0.05, 0) is 32.1 Å². The smallest absolute Gasteiger partial charge is 0.154 e. The summed E-state index contributed by atoms with van der Waals surface area (Å²) in [4.78, 5) is 4.70. The van der Waals surface area contributed by atoms with Gasteiger partial charge in [0.15, 0.2) is 5.82 Å². The Labute approximate surface area is 137 Å². The molecule has 1 aromatic heterocycles. The quantitative estimate of drug-likeness (QED) is 0.890. The number of nitrogens with one attached hydrogen (secondary N) is 2. The molecule has 3 fully saturated rings. The van der Waals surface area contributed by atoms with Crippen LogP contribution in [0.1, 0.15) is 68.9 Å². The number of nitrogens with zero attached hydrogens (tertiary/aromatic N) is 2. The number of hydrogen-bond acceptors (Lipinski definition) is 5. The van der Waals surface area contributed by atoms with Gasteiger partial charge in [0, 0.05) is 31.8 Å². The summed E-state index contributed by atoms with van der Waals surface area (Å²) in [6.45, 7) is 3.30. The van der Waals surface area contributed by atoms with E-state index >= 15 is 0 Å². The number of H-pyrrole nitrogens is 1. The fraction of sp³-hybridized carbons (Fsp3) is 0.882. The molecule has 3 heterocycles. The second-order valence-corrected chi connectivity index (χ2v) is 7.22. The molecule has 2 saturated heterocycles. The largest absolute Gasteiger partial charge is 0.381 e. The van der Waals surface area contributed by atoms with E-state index in [9.17, 15) is 0 Å². The zero-order valence-electron chi connectivity index (χ0n) is 13.9. The maximum absolute atomic E-state index is 6.16. The minimum absolute atomic E-state index is 0.0851. The zero-order valence-corrected chi connectivity index (χ0v) is 13.9. The van der Waals surface area contributed by atoms with Gasteiger partial charge in [0.1, 0.15) is 5.82 Å². The van der Waals surface area contributed by atoms with Crippen molar-refractivity contribution in [3.8, 4) is 0 Å². The lowest BCUT2D eigenvalue weighted by Crippen LogP contribution is -2.48. The van der Waals surface area contributed by atoms with E-state index < -0.39 is 0 Å². The van der Waals surface area contributed by atoms with Gasteiger partial charge in [0.2, 0.25) is 0 Å². The van der Waals surface area contributed by atoms with E-state index in [0.717, 1.165) is 57.3 Å². The monoisotopic (exact) mass is 320 g/mol. The number of ether oxygens (including phenoxy) is 2. The van der Waals surface area contributed by atoms with E-state index in [1.54, 1.807) is 0 Å². The van der Waals surface area contributed by atoms with Crippen LogP contribution in [0.15, 0.2) is 0 Å². The molecule has 2 aliphatic heterocycles. The number of hydrogen-bond donors (Lipinski definition) is 2. The van der Waals surface area contributed by atoms with Gasteiger partial charge >= 0.3 is 0 Å². The van der Waals surface area contributed by atoms with Gasteiger partial charge < -0.3 is 14.8 Å². The van der Waals surface area contributed by atoms with Gasteiger partial charge in [-0.2, -0.15) is 5.10 Å². The molecule has 6 heteroatoms. The van der Waals surface area contributed by atoms with Crippen molar-refractivity contribution in [3.05, 3.63) is 11.6 Å². The molecule has 2 N–H and O–H groups in total. The summed E-state index contributed by atoms with van der Waals surface area (Å²) in [6, 6.07) is 0.458. The second-order valence-electron chi connectivity index (χ2n) is 7.22. The van der Waals surface area contributed by atoms with Gasteiger partial charge in [-0.3, -0.25) is 5.10 Å². The van der Waals surface area contributed by atoms with Crippen molar-refractivity contribution in [3.63, 3.8) is 0 Å². The molecule has 4 rings (SSSR count). The highest BCUT2D eigenvalue weighted by molar-refractivity contribution is 5.02. The van der Waals surface area contributed by atoms with Crippen molar-refractivity contribution in [2.24, 2.45) is 0 Å². The van der Waals surface area contributed by atoms with Gasteiger partial charge in [-0.25, -0.2) is 4.98 Å². The molecular formula is C17H28N4O2. The molecule has 1 aliphatic carbocycles. The third kappa shape index (κ3) is 3.30. The van der Waals surface area contributed by atoms with Gasteiger partial charge in [-0.15, -0.1) is 0 Å². The van der Waals surface area contributed by atoms with Crippen molar-refractivity contribution in [2.75, 3.05) is 19.8 Å². The summed E-state index contributed by atoms with van der Waals surface area (Å²) >= 11 is 0. The summed E-state index contributed by atoms with van der Waals surface area (Å²) in [5.41, 5.74) is 0.0851. The van der Waals surface area contributed by atoms with E-state index in [1.807, 2.05) is 0 Å². The fourth-order valence-electron chi connectivity index (χ4n) is 4.42. The molecule has 0 bridgehead atoms. The SMILES string of the molecule is C1CCC2(CC1)OCCC2NCc1nc(C2CCOCC2)n[nH]1. The fourth-order valence-corrected chi connectivity index (χ4v) is 4.42. The highest BCUT2D eigenvalue weighted by atomic mass is 16.5. The van der Waals surface area contributed by atoms with E-state index in [2.05, 4.69) is 15.5 Å². The average Bonchev–Trinajstić information content (AvgIpc) is 3.22. The number of rotatable bonds is 4. The summed E-state index contributed by atoms with van der Waals surface area (Å²) in [6.07, 6.45) is 9.54. The number of aromatic amines is 1. The Bertz CT molecular complexity index is 506. The van der Waals surface area contributed by atoms with Gasteiger partial charge in [0.05, 0.1) is 12.1 Å². The third-order valence-corrected chi connectivity index (χ3v) is 5.78. The van der Waals surface area contributed by atoms with E-state index in [-0.39, 0.29) is 5.60 Å². The van der Waals surface area contributed by atoms with Crippen LogP contribution in [0, 0.1) is 0 Å². The molecule has 1 atom stereocenters. The average molecular weight is 320 g/mol. The van der Waals surface area contributed by atoms with E-state index in [0.29, 0.717) is 12.0 Å². The Hall–Kier alpha value is -0.980. The summed E-state index contributed by atoms with van der Waals surface area (Å²) in [5.74, 6) is 2.36. The van der Waals surface area contributed by atoms with Crippen LogP contribution in [0.5, 0.6) is 0 Å². The van der Waals surface area contributed by atoms with Crippen molar-refractivity contribution in [2.45, 2.75) is 75.5 Å². The number of aromatic nitrogens is 3. The highest BCUT2D eigenvalue weighted by Crippen LogP contribution is 2.39. The van der Waals surface area contributed by atoms with Crippen LogP contribution in [0.3, 0.4) is 0 Å². The Morgan fingerprint density at radius 1 is 1.09 bits per heavy atom. The van der Waals surface area contributed by atoms with Crippen LogP contribution >= 0.6 is 0 Å². The normalized spacial score (nSPS) is 28.4. The highest BCUT2D eigenvalue weighted by Gasteiger charge is 2.44. The first-order valence-electron chi connectivity index (χ1n) is 9.22. The molecule has 23 heavy (non-hydrogen) atoms. The standard InChI is InChI=1S/C17H28N4O2/c1-2-7-17(8-3-1)14(6-11-23-17)18-12-15-19-16(21-20-15)13-4-9-22-10-5-13/h13-14,18H,1-12H2,(H,19,20,21). The first kappa shape index (κ1) is 15.5. The molecule has 1 aromatic rings. The predicted molar refractivity (Wildman–Crippen MR) is 86.2 cm³/mol. The molecule has 1 unspecified atom stereocenters. The van der Waals surface area contributed by atoms with Crippen LogP contribution in [-0.4, -0.2) is 46.6 Å². The molecule has 128 valence electrons. The predicted octanol–water partition coefficient (Wildman–Crippen LogP) is 2.28. The molecule has 6 nitrogen and oxygen atoms in total. The van der Waals surface area contributed by atoms with Crippen LogP contribution in [0.2, 0.25) is 0 Å².